The van der Waals surface area contributed by atoms with Crippen LogP contribution < -0.4 is 5.32 Å². The number of rotatable bonds is 6. The van der Waals surface area contributed by atoms with Gasteiger partial charge in [-0.3, -0.25) is 4.98 Å². The van der Waals surface area contributed by atoms with Crippen LogP contribution in [-0.2, 0) is 16.6 Å². The molecule has 1 saturated heterocycles. The maximum atomic E-state index is 13.1. The molecule has 0 atom stereocenters. The third kappa shape index (κ3) is 4.74. The molecule has 0 aliphatic carbocycles. The number of fused-ring (bicyclic) bond motifs is 1. The molecule has 0 amide bonds. The highest BCUT2D eigenvalue weighted by molar-refractivity contribution is 9.11. The highest BCUT2D eigenvalue weighted by Gasteiger charge is 2.31. The molecule has 0 bridgehead atoms. The molecule has 5 rings (SSSR count). The zero-order valence-corrected chi connectivity index (χ0v) is 22.1. The van der Waals surface area contributed by atoms with Crippen LogP contribution in [0.1, 0.15) is 30.0 Å². The Morgan fingerprint density at radius 1 is 1.06 bits per heavy atom. The fourth-order valence-corrected chi connectivity index (χ4v) is 6.21. The number of nitrogens with zero attached hydrogens (tertiary/aromatic N) is 5. The van der Waals surface area contributed by atoms with Crippen molar-refractivity contribution in [3.05, 3.63) is 81.3 Å². The molecule has 0 saturated carbocycles. The number of anilines is 1. The number of benzene rings is 1. The average molecular weight is 606 g/mol. The van der Waals surface area contributed by atoms with Gasteiger partial charge in [-0.1, -0.05) is 22.0 Å². The van der Waals surface area contributed by atoms with Crippen LogP contribution in [0.25, 0.3) is 5.65 Å². The molecule has 0 spiro atoms. The summed E-state index contributed by atoms with van der Waals surface area (Å²) in [5, 5.41) is 7.88. The summed E-state index contributed by atoms with van der Waals surface area (Å²) in [7, 11) is -3.51. The van der Waals surface area contributed by atoms with Gasteiger partial charge in [0.1, 0.15) is 5.82 Å². The number of nitrogens with one attached hydrogen (secondary N) is 1. The van der Waals surface area contributed by atoms with Gasteiger partial charge < -0.3 is 5.32 Å². The van der Waals surface area contributed by atoms with Gasteiger partial charge in [-0.15, -0.1) is 0 Å². The number of hydrogen-bond acceptors (Lipinski definition) is 6. The Hall–Kier alpha value is -2.34. The van der Waals surface area contributed by atoms with Crippen molar-refractivity contribution in [2.24, 2.45) is 0 Å². The number of piperidine rings is 1. The monoisotopic (exact) mass is 604 g/mol. The summed E-state index contributed by atoms with van der Waals surface area (Å²) in [6.07, 6.45) is 6.71. The van der Waals surface area contributed by atoms with Crippen LogP contribution in [0.5, 0.6) is 0 Å². The molecule has 1 aliphatic rings. The molecule has 11 heteroatoms. The predicted molar refractivity (Wildman–Crippen MR) is 137 cm³/mol. The summed E-state index contributed by atoms with van der Waals surface area (Å²) in [5.74, 6) is 0.988. The van der Waals surface area contributed by atoms with Gasteiger partial charge in [0.25, 0.3) is 0 Å². The molecule has 176 valence electrons. The lowest BCUT2D eigenvalue weighted by molar-refractivity contribution is 0.317. The molecular formula is C23H22Br2N6O2S. The molecule has 0 radical (unpaired) electrons. The number of aromatic nitrogens is 4. The van der Waals surface area contributed by atoms with Crippen molar-refractivity contribution in [3.8, 4) is 0 Å². The smallest absolute Gasteiger partial charge is 0.243 e. The highest BCUT2D eigenvalue weighted by atomic mass is 79.9. The molecule has 34 heavy (non-hydrogen) atoms. The maximum absolute atomic E-state index is 13.1. The van der Waals surface area contributed by atoms with Crippen molar-refractivity contribution >= 4 is 53.3 Å². The van der Waals surface area contributed by atoms with Crippen molar-refractivity contribution in [2.75, 3.05) is 18.4 Å². The Bertz CT molecular complexity index is 1400. The first kappa shape index (κ1) is 23.4. The first-order chi connectivity index (χ1) is 16.4. The molecule has 8 nitrogen and oxygen atoms in total. The van der Waals surface area contributed by atoms with E-state index in [4.69, 9.17) is 4.98 Å². The SMILES string of the molecule is O=S(=O)(c1ccc(Br)cc1)N1CCC(c2cc(NCc3cccnc3)n3ncc(Br)c3n2)CC1. The second-order valence-corrected chi connectivity index (χ2v) is 11.8. The summed E-state index contributed by atoms with van der Waals surface area (Å²) in [4.78, 5) is 9.34. The molecule has 3 aromatic heterocycles. The maximum Gasteiger partial charge on any atom is 0.243 e. The van der Waals surface area contributed by atoms with Gasteiger partial charge >= 0.3 is 0 Å². The fourth-order valence-electron chi connectivity index (χ4n) is 4.13. The van der Waals surface area contributed by atoms with Gasteiger partial charge in [0, 0.05) is 54.2 Å². The second kappa shape index (κ2) is 9.73. The summed E-state index contributed by atoms with van der Waals surface area (Å²) < 4.78 is 31.1. The van der Waals surface area contributed by atoms with Crippen molar-refractivity contribution in [1.29, 1.82) is 0 Å². The van der Waals surface area contributed by atoms with Crippen LogP contribution in [0.15, 0.2) is 74.9 Å². The number of sulfonamides is 1. The molecule has 0 unspecified atom stereocenters. The van der Waals surface area contributed by atoms with Gasteiger partial charge in [-0.05, 0) is 64.7 Å². The average Bonchev–Trinajstić information content (AvgIpc) is 3.24. The Labute approximate surface area is 214 Å². The van der Waals surface area contributed by atoms with Crippen LogP contribution in [0.2, 0.25) is 0 Å². The van der Waals surface area contributed by atoms with Crippen LogP contribution >= 0.6 is 31.9 Å². The van der Waals surface area contributed by atoms with Crippen LogP contribution in [0.4, 0.5) is 5.82 Å². The summed E-state index contributed by atoms with van der Waals surface area (Å²) in [6.45, 7) is 1.51. The largest absolute Gasteiger partial charge is 0.366 e. The number of pyridine rings is 1. The van der Waals surface area contributed by atoms with E-state index in [0.717, 1.165) is 31.7 Å². The topological polar surface area (TPSA) is 92.5 Å². The first-order valence-electron chi connectivity index (χ1n) is 10.8. The fraction of sp³-hybridized carbons (Fsp3) is 0.261. The third-order valence-corrected chi connectivity index (χ3v) is 8.97. The van der Waals surface area contributed by atoms with E-state index in [-0.39, 0.29) is 5.92 Å². The Morgan fingerprint density at radius 3 is 2.53 bits per heavy atom. The van der Waals surface area contributed by atoms with E-state index in [2.05, 4.69) is 47.3 Å². The first-order valence-corrected chi connectivity index (χ1v) is 13.9. The van der Waals surface area contributed by atoms with Gasteiger partial charge in [0.15, 0.2) is 5.65 Å². The van der Waals surface area contributed by atoms with E-state index in [1.165, 1.54) is 0 Å². The van der Waals surface area contributed by atoms with Gasteiger partial charge in [-0.25, -0.2) is 13.4 Å². The standard InChI is InChI=1S/C23H22Br2N6O2S/c24-18-3-5-19(6-4-18)34(32,33)30-10-7-17(8-11-30)21-12-22(27-14-16-2-1-9-26-13-16)31-23(29-21)20(25)15-28-31/h1-6,9,12-13,15,17,27H,7-8,10-11,14H2. The Morgan fingerprint density at radius 2 is 1.82 bits per heavy atom. The molecule has 1 N–H and O–H groups in total. The second-order valence-electron chi connectivity index (χ2n) is 8.14. The van der Waals surface area contributed by atoms with E-state index in [1.807, 2.05) is 24.4 Å². The third-order valence-electron chi connectivity index (χ3n) is 5.97. The minimum Gasteiger partial charge on any atom is -0.366 e. The van der Waals surface area contributed by atoms with Crippen LogP contribution in [-0.4, -0.2) is 45.4 Å². The minimum absolute atomic E-state index is 0.155. The normalized spacial score (nSPS) is 15.6. The Balaban J connectivity index is 1.35. The molecular weight excluding hydrogens is 584 g/mol. The predicted octanol–water partition coefficient (Wildman–Crippen LogP) is 4.83. The zero-order valence-electron chi connectivity index (χ0n) is 18.1. The highest BCUT2D eigenvalue weighted by Crippen LogP contribution is 2.32. The number of halogens is 2. The molecule has 1 aromatic carbocycles. The van der Waals surface area contributed by atoms with E-state index in [9.17, 15) is 8.42 Å². The molecule has 4 heterocycles. The number of hydrogen-bond donors (Lipinski definition) is 1. The lowest BCUT2D eigenvalue weighted by atomic mass is 9.94. The zero-order chi connectivity index (χ0) is 23.7. The van der Waals surface area contributed by atoms with Gasteiger partial charge in [0.2, 0.25) is 10.0 Å². The summed E-state index contributed by atoms with van der Waals surface area (Å²) in [6, 6.07) is 12.7. The van der Waals surface area contributed by atoms with Gasteiger partial charge in [-0.2, -0.15) is 13.9 Å². The van der Waals surface area contributed by atoms with E-state index in [1.54, 1.807) is 45.5 Å². The summed E-state index contributed by atoms with van der Waals surface area (Å²) in [5.41, 5.74) is 2.73. The van der Waals surface area contributed by atoms with Crippen molar-refractivity contribution < 1.29 is 8.42 Å². The van der Waals surface area contributed by atoms with E-state index >= 15 is 0 Å². The van der Waals surface area contributed by atoms with Crippen molar-refractivity contribution in [1.82, 2.24) is 23.9 Å². The van der Waals surface area contributed by atoms with E-state index < -0.39 is 10.0 Å². The van der Waals surface area contributed by atoms with Crippen LogP contribution in [0.3, 0.4) is 0 Å². The van der Waals surface area contributed by atoms with Crippen molar-refractivity contribution in [2.45, 2.75) is 30.2 Å². The van der Waals surface area contributed by atoms with Crippen LogP contribution in [0, 0.1) is 0 Å². The Kier molecular flexibility index (Phi) is 6.70. The van der Waals surface area contributed by atoms with Gasteiger partial charge in [0.05, 0.1) is 15.6 Å². The lowest BCUT2D eigenvalue weighted by Gasteiger charge is -2.31. The molecule has 1 fully saturated rings. The lowest BCUT2D eigenvalue weighted by Crippen LogP contribution is -2.38. The summed E-state index contributed by atoms with van der Waals surface area (Å²) >= 11 is 6.91. The molecule has 4 aromatic rings. The quantitative estimate of drug-likeness (QED) is 0.338. The van der Waals surface area contributed by atoms with Crippen molar-refractivity contribution in [3.63, 3.8) is 0 Å². The molecule has 1 aliphatic heterocycles. The van der Waals surface area contributed by atoms with E-state index in [0.29, 0.717) is 37.4 Å². The minimum atomic E-state index is -3.51.